The van der Waals surface area contributed by atoms with Gasteiger partial charge in [0, 0.05) is 72.8 Å². The Labute approximate surface area is 297 Å². The molecule has 0 spiro atoms. The molecule has 50 heavy (non-hydrogen) atoms. The smallest absolute Gasteiger partial charge is 0.263 e. The maximum Gasteiger partial charge on any atom is 0.263 e. The lowest BCUT2D eigenvalue weighted by molar-refractivity contribution is -0.136. The number of benzene rings is 4. The topological polar surface area (TPSA) is 119 Å². The second kappa shape index (κ2) is 13.0. The van der Waals surface area contributed by atoms with Gasteiger partial charge in [-0.1, -0.05) is 48.5 Å². The number of phenolic OH excluding ortho intramolecular Hbond substituents is 1. The van der Waals surface area contributed by atoms with Crippen LogP contribution in [0.1, 0.15) is 67.6 Å². The van der Waals surface area contributed by atoms with E-state index in [1.54, 1.807) is 18.2 Å². The SMILES string of the molecule is O=C1CCC(N2C(=O)c3cc(CN4CCN(c5ccc([C@@H]6c7ccc(O)cc7OC[C@@H]6c6ccccc6)cc5)CC4)cc(Br)c3C2=O)C(=O)N1. The van der Waals surface area contributed by atoms with E-state index in [2.05, 4.69) is 79.6 Å². The number of anilines is 1. The molecule has 10 nitrogen and oxygen atoms in total. The number of fused-ring (bicyclic) bond motifs is 2. The number of piperazine rings is 1. The van der Waals surface area contributed by atoms with E-state index in [1.807, 2.05) is 18.2 Å². The highest BCUT2D eigenvalue weighted by Crippen LogP contribution is 2.47. The summed E-state index contributed by atoms with van der Waals surface area (Å²) in [6, 6.07) is 27.3. The number of nitrogens with zero attached hydrogens (tertiary/aromatic N) is 3. The zero-order chi connectivity index (χ0) is 34.5. The molecular formula is C39H35BrN4O6. The number of carbonyl (C=O) groups is 4. The Hall–Kier alpha value is -5.00. The van der Waals surface area contributed by atoms with Gasteiger partial charge in [-0.15, -0.1) is 0 Å². The van der Waals surface area contributed by atoms with Crippen LogP contribution in [0, 0.1) is 0 Å². The van der Waals surface area contributed by atoms with E-state index in [1.165, 1.54) is 11.1 Å². The molecule has 2 fully saturated rings. The van der Waals surface area contributed by atoms with Crippen molar-refractivity contribution in [2.75, 3.05) is 37.7 Å². The van der Waals surface area contributed by atoms with E-state index in [9.17, 15) is 24.3 Å². The maximum absolute atomic E-state index is 13.4. The Kier molecular flexibility index (Phi) is 8.40. The number of amides is 4. The fourth-order valence-electron chi connectivity index (χ4n) is 7.81. The predicted octanol–water partition coefficient (Wildman–Crippen LogP) is 5.19. The Morgan fingerprint density at radius 3 is 2.34 bits per heavy atom. The van der Waals surface area contributed by atoms with Gasteiger partial charge in [-0.25, -0.2) is 0 Å². The summed E-state index contributed by atoms with van der Waals surface area (Å²) in [6.07, 6.45) is 0.203. The first-order valence-electron chi connectivity index (χ1n) is 16.9. The molecule has 4 aliphatic rings. The minimum Gasteiger partial charge on any atom is -0.508 e. The van der Waals surface area contributed by atoms with E-state index in [-0.39, 0.29) is 41.6 Å². The van der Waals surface area contributed by atoms with Gasteiger partial charge in [-0.2, -0.15) is 0 Å². The van der Waals surface area contributed by atoms with Gasteiger partial charge >= 0.3 is 0 Å². The molecule has 4 aromatic rings. The first-order valence-corrected chi connectivity index (χ1v) is 17.7. The van der Waals surface area contributed by atoms with Crippen LogP contribution in [0.25, 0.3) is 0 Å². The fraction of sp³-hybridized carbons (Fsp3) is 0.282. The van der Waals surface area contributed by atoms with E-state index < -0.39 is 29.7 Å². The van der Waals surface area contributed by atoms with Gasteiger partial charge in [-0.05, 0) is 69.4 Å². The van der Waals surface area contributed by atoms with Crippen molar-refractivity contribution in [2.24, 2.45) is 0 Å². The average molecular weight is 736 g/mol. The zero-order valence-corrected chi connectivity index (χ0v) is 28.8. The average Bonchev–Trinajstić information content (AvgIpc) is 3.37. The molecule has 4 aromatic carbocycles. The van der Waals surface area contributed by atoms with Crippen LogP contribution in [0.2, 0.25) is 0 Å². The Morgan fingerprint density at radius 2 is 1.60 bits per heavy atom. The third-order valence-corrected chi connectivity index (χ3v) is 11.0. The van der Waals surface area contributed by atoms with Crippen molar-refractivity contribution in [1.29, 1.82) is 0 Å². The van der Waals surface area contributed by atoms with Gasteiger partial charge in [-0.3, -0.25) is 34.3 Å². The van der Waals surface area contributed by atoms with Crippen LogP contribution in [-0.4, -0.2) is 77.4 Å². The van der Waals surface area contributed by atoms with Gasteiger partial charge in [0.2, 0.25) is 11.8 Å². The maximum atomic E-state index is 13.4. The van der Waals surface area contributed by atoms with E-state index in [4.69, 9.17) is 4.74 Å². The summed E-state index contributed by atoms with van der Waals surface area (Å²) in [7, 11) is 0. The lowest BCUT2D eigenvalue weighted by Gasteiger charge is -2.37. The van der Waals surface area contributed by atoms with Gasteiger partial charge < -0.3 is 14.7 Å². The standard InChI is InChI=1S/C39H35BrN4O6/c40-31-19-23(18-29-36(31)39(49)44(38(29)48)32-12-13-34(46)41-37(32)47)21-42-14-16-43(17-15-42)26-8-6-25(7-9-26)35-28-11-10-27(45)20-33(28)50-22-30(35)24-4-2-1-3-5-24/h1-11,18-20,30,32,35,45H,12-17,21-22H2,(H,41,46,47)/t30-,32?,35-/m1/s1. The number of hydrogen-bond donors (Lipinski definition) is 2. The second-order valence-corrected chi connectivity index (χ2v) is 14.2. The molecule has 0 bridgehead atoms. The van der Waals surface area contributed by atoms with Crippen molar-refractivity contribution in [3.63, 3.8) is 0 Å². The quantitative estimate of drug-likeness (QED) is 0.260. The van der Waals surface area contributed by atoms with Crippen molar-refractivity contribution in [3.05, 3.63) is 123 Å². The van der Waals surface area contributed by atoms with Crippen LogP contribution in [0.5, 0.6) is 11.5 Å². The molecule has 4 aliphatic heterocycles. The largest absolute Gasteiger partial charge is 0.508 e. The number of phenols is 1. The van der Waals surface area contributed by atoms with Gasteiger partial charge in [0.15, 0.2) is 0 Å². The van der Waals surface area contributed by atoms with Crippen LogP contribution in [0.4, 0.5) is 5.69 Å². The minimum atomic E-state index is -0.996. The first kappa shape index (κ1) is 32.2. The summed E-state index contributed by atoms with van der Waals surface area (Å²) < 4.78 is 6.66. The lowest BCUT2D eigenvalue weighted by atomic mass is 9.76. The highest BCUT2D eigenvalue weighted by Gasteiger charge is 2.45. The molecular weight excluding hydrogens is 700 g/mol. The summed E-state index contributed by atoms with van der Waals surface area (Å²) in [6.45, 7) is 4.43. The number of carbonyl (C=O) groups excluding carboxylic acids is 4. The van der Waals surface area contributed by atoms with Crippen molar-refractivity contribution >= 4 is 45.2 Å². The predicted molar refractivity (Wildman–Crippen MR) is 189 cm³/mol. The number of hydrogen-bond acceptors (Lipinski definition) is 8. The normalized spacial score (nSPS) is 22.2. The lowest BCUT2D eigenvalue weighted by Crippen LogP contribution is -2.54. The highest BCUT2D eigenvalue weighted by atomic mass is 79.9. The molecule has 0 saturated carbocycles. The van der Waals surface area contributed by atoms with Crippen LogP contribution < -0.4 is 15.0 Å². The summed E-state index contributed by atoms with van der Waals surface area (Å²) >= 11 is 3.51. The monoisotopic (exact) mass is 734 g/mol. The number of ether oxygens (including phenoxy) is 1. The molecule has 254 valence electrons. The minimum absolute atomic E-state index is 0.0810. The molecule has 8 rings (SSSR count). The zero-order valence-electron chi connectivity index (χ0n) is 27.2. The Balaban J connectivity index is 0.945. The molecule has 2 saturated heterocycles. The molecule has 11 heteroatoms. The molecule has 3 atom stereocenters. The summed E-state index contributed by atoms with van der Waals surface area (Å²) in [4.78, 5) is 56.5. The molecule has 1 unspecified atom stereocenters. The van der Waals surface area contributed by atoms with E-state index in [0.717, 1.165) is 53.6 Å². The highest BCUT2D eigenvalue weighted by molar-refractivity contribution is 9.10. The van der Waals surface area contributed by atoms with Gasteiger partial charge in [0.25, 0.3) is 11.8 Å². The Morgan fingerprint density at radius 1 is 0.840 bits per heavy atom. The number of imide groups is 2. The second-order valence-electron chi connectivity index (χ2n) is 13.3. The van der Waals surface area contributed by atoms with Crippen LogP contribution in [0.3, 0.4) is 0 Å². The Bertz CT molecular complexity index is 2010. The molecule has 0 radical (unpaired) electrons. The summed E-state index contributed by atoms with van der Waals surface area (Å²) in [5, 5.41) is 12.4. The number of aromatic hydroxyl groups is 1. The number of nitrogens with one attached hydrogen (secondary N) is 1. The van der Waals surface area contributed by atoms with Crippen molar-refractivity contribution in [2.45, 2.75) is 37.3 Å². The molecule has 4 amide bonds. The molecule has 4 heterocycles. The molecule has 2 N–H and O–H groups in total. The number of piperidine rings is 1. The fourth-order valence-corrected chi connectivity index (χ4v) is 8.48. The van der Waals surface area contributed by atoms with E-state index >= 15 is 0 Å². The van der Waals surface area contributed by atoms with Crippen molar-refractivity contribution in [3.8, 4) is 11.5 Å². The number of halogens is 1. The number of rotatable bonds is 6. The summed E-state index contributed by atoms with van der Waals surface area (Å²) in [5.41, 5.74) is 6.07. The van der Waals surface area contributed by atoms with E-state index in [0.29, 0.717) is 17.6 Å². The van der Waals surface area contributed by atoms with Crippen LogP contribution in [0.15, 0.2) is 89.4 Å². The first-order chi connectivity index (χ1) is 24.2. The van der Waals surface area contributed by atoms with Gasteiger partial charge in [0.05, 0.1) is 17.7 Å². The van der Waals surface area contributed by atoms with Crippen LogP contribution in [-0.2, 0) is 16.1 Å². The summed E-state index contributed by atoms with van der Waals surface area (Å²) in [5.74, 6) is -0.913. The van der Waals surface area contributed by atoms with Crippen molar-refractivity contribution < 1.29 is 29.0 Å². The third-order valence-electron chi connectivity index (χ3n) is 10.3. The third kappa shape index (κ3) is 5.84. The van der Waals surface area contributed by atoms with Crippen LogP contribution >= 0.6 is 15.9 Å². The van der Waals surface area contributed by atoms with Gasteiger partial charge in [0.1, 0.15) is 17.5 Å². The molecule has 0 aromatic heterocycles. The van der Waals surface area contributed by atoms with Crippen molar-refractivity contribution in [1.82, 2.24) is 15.1 Å². The molecule has 0 aliphatic carbocycles.